The van der Waals surface area contributed by atoms with Crippen LogP contribution < -0.4 is 9.64 Å². The van der Waals surface area contributed by atoms with Crippen LogP contribution in [-0.2, 0) is 6.54 Å². The fraction of sp³-hybridized carbons (Fsp3) is 0.562. The second-order valence-corrected chi connectivity index (χ2v) is 6.14. The van der Waals surface area contributed by atoms with Crippen molar-refractivity contribution < 1.29 is 13.5 Å². The van der Waals surface area contributed by atoms with E-state index >= 15 is 0 Å². The van der Waals surface area contributed by atoms with Gasteiger partial charge in [0.2, 0.25) is 0 Å². The van der Waals surface area contributed by atoms with Crippen molar-refractivity contribution in [3.8, 4) is 5.88 Å². The second kappa shape index (κ2) is 7.73. The molecule has 0 saturated carbocycles. The molecule has 0 aromatic carbocycles. The monoisotopic (exact) mass is 352 g/mol. The van der Waals surface area contributed by atoms with Gasteiger partial charge in [-0.2, -0.15) is 8.78 Å². The van der Waals surface area contributed by atoms with E-state index in [-0.39, 0.29) is 6.10 Å². The van der Waals surface area contributed by atoms with Gasteiger partial charge in [0.15, 0.2) is 5.82 Å². The lowest BCUT2D eigenvalue weighted by atomic mass is 10.3. The van der Waals surface area contributed by atoms with E-state index in [1.165, 1.54) is 12.4 Å². The first kappa shape index (κ1) is 17.5. The molecule has 0 N–H and O–H groups in total. The van der Waals surface area contributed by atoms with Crippen molar-refractivity contribution in [1.82, 2.24) is 24.4 Å². The van der Waals surface area contributed by atoms with E-state index in [1.807, 2.05) is 13.8 Å². The number of rotatable bonds is 6. The Kier molecular flexibility index (Phi) is 5.42. The Labute approximate surface area is 145 Å². The molecule has 0 bridgehead atoms. The number of halogens is 2. The van der Waals surface area contributed by atoms with Crippen LogP contribution in [0.15, 0.2) is 24.8 Å². The average Bonchev–Trinajstić information content (AvgIpc) is 3.04. The van der Waals surface area contributed by atoms with Crippen molar-refractivity contribution in [1.29, 1.82) is 0 Å². The molecule has 3 rings (SSSR count). The first-order chi connectivity index (χ1) is 12.0. The minimum atomic E-state index is -2.56. The summed E-state index contributed by atoms with van der Waals surface area (Å²) in [6.07, 6.45) is 6.00. The standard InChI is InChI=1S/C16H22F2N6O/c1-12(2)25-15-14(20-3-4-21-15)23-9-7-22(8-10-23)11-13-19-5-6-24(13)16(17)18/h3-6,12,16H,7-11H2,1-2H3. The average molecular weight is 352 g/mol. The summed E-state index contributed by atoms with van der Waals surface area (Å²) in [6.45, 7) is 4.64. The van der Waals surface area contributed by atoms with Crippen molar-refractivity contribution in [2.45, 2.75) is 33.0 Å². The first-order valence-electron chi connectivity index (χ1n) is 8.29. The van der Waals surface area contributed by atoms with Gasteiger partial charge >= 0.3 is 6.55 Å². The lowest BCUT2D eigenvalue weighted by molar-refractivity contribution is 0.0636. The van der Waals surface area contributed by atoms with Crippen LogP contribution in [0, 0.1) is 0 Å². The smallest absolute Gasteiger partial charge is 0.319 e. The van der Waals surface area contributed by atoms with Crippen LogP contribution in [0.4, 0.5) is 14.6 Å². The number of alkyl halides is 2. The van der Waals surface area contributed by atoms with Crippen LogP contribution in [0.2, 0.25) is 0 Å². The topological polar surface area (TPSA) is 59.3 Å². The van der Waals surface area contributed by atoms with E-state index < -0.39 is 6.55 Å². The Balaban J connectivity index is 1.62. The Hall–Kier alpha value is -2.29. The Morgan fingerprint density at radius 2 is 1.76 bits per heavy atom. The Morgan fingerprint density at radius 3 is 2.44 bits per heavy atom. The molecule has 0 radical (unpaired) electrons. The van der Waals surface area contributed by atoms with E-state index in [4.69, 9.17) is 4.74 Å². The molecule has 0 atom stereocenters. The van der Waals surface area contributed by atoms with Crippen molar-refractivity contribution in [2.24, 2.45) is 0 Å². The highest BCUT2D eigenvalue weighted by molar-refractivity contribution is 5.48. The molecule has 2 aromatic rings. The van der Waals surface area contributed by atoms with Crippen molar-refractivity contribution in [3.63, 3.8) is 0 Å². The summed E-state index contributed by atoms with van der Waals surface area (Å²) in [5.74, 6) is 1.64. The summed E-state index contributed by atoms with van der Waals surface area (Å²) in [5.41, 5.74) is 0. The van der Waals surface area contributed by atoms with Crippen LogP contribution in [-0.4, -0.2) is 56.7 Å². The minimum absolute atomic E-state index is 0.0185. The third-order valence-corrected chi connectivity index (χ3v) is 3.99. The zero-order chi connectivity index (χ0) is 17.8. The van der Waals surface area contributed by atoms with Crippen molar-refractivity contribution in [3.05, 3.63) is 30.6 Å². The summed E-state index contributed by atoms with van der Waals surface area (Å²) >= 11 is 0. The van der Waals surface area contributed by atoms with Crippen LogP contribution in [0.5, 0.6) is 5.88 Å². The van der Waals surface area contributed by atoms with Gasteiger partial charge in [-0.15, -0.1) is 0 Å². The largest absolute Gasteiger partial charge is 0.472 e. The molecule has 1 aliphatic rings. The van der Waals surface area contributed by atoms with E-state index in [0.29, 0.717) is 18.2 Å². The number of anilines is 1. The maximum atomic E-state index is 12.9. The number of aromatic nitrogens is 4. The molecule has 3 heterocycles. The number of hydrogen-bond acceptors (Lipinski definition) is 6. The predicted octanol–water partition coefficient (Wildman–Crippen LogP) is 2.18. The highest BCUT2D eigenvalue weighted by Crippen LogP contribution is 2.25. The van der Waals surface area contributed by atoms with Crippen LogP contribution in [0.25, 0.3) is 0 Å². The van der Waals surface area contributed by atoms with E-state index in [0.717, 1.165) is 36.6 Å². The summed E-state index contributed by atoms with van der Waals surface area (Å²) in [6, 6.07) is 0. The number of piperazine rings is 1. The fourth-order valence-corrected chi connectivity index (χ4v) is 2.80. The Morgan fingerprint density at radius 1 is 1.04 bits per heavy atom. The molecule has 25 heavy (non-hydrogen) atoms. The van der Waals surface area contributed by atoms with Crippen molar-refractivity contribution >= 4 is 5.82 Å². The number of imidazole rings is 1. The molecule has 0 amide bonds. The van der Waals surface area contributed by atoms with E-state index in [1.54, 1.807) is 12.4 Å². The SMILES string of the molecule is CC(C)Oc1nccnc1N1CCN(Cc2nccn2C(F)F)CC1. The van der Waals surface area contributed by atoms with Gasteiger partial charge in [-0.3, -0.25) is 9.47 Å². The molecule has 1 saturated heterocycles. The lowest BCUT2D eigenvalue weighted by Gasteiger charge is -2.35. The van der Waals surface area contributed by atoms with Crippen LogP contribution in [0.1, 0.15) is 26.2 Å². The van der Waals surface area contributed by atoms with Crippen LogP contribution >= 0.6 is 0 Å². The van der Waals surface area contributed by atoms with Crippen molar-refractivity contribution in [2.75, 3.05) is 31.1 Å². The third kappa shape index (κ3) is 4.22. The van der Waals surface area contributed by atoms with Gasteiger partial charge in [0.1, 0.15) is 5.82 Å². The van der Waals surface area contributed by atoms with Gasteiger partial charge in [-0.05, 0) is 13.8 Å². The number of ether oxygens (including phenoxy) is 1. The van der Waals surface area contributed by atoms with Gasteiger partial charge in [0.25, 0.3) is 5.88 Å². The first-order valence-corrected chi connectivity index (χ1v) is 8.29. The zero-order valence-corrected chi connectivity index (χ0v) is 14.3. The number of nitrogens with zero attached hydrogens (tertiary/aromatic N) is 6. The molecule has 0 aliphatic carbocycles. The Bertz CT molecular complexity index is 685. The maximum absolute atomic E-state index is 12.9. The van der Waals surface area contributed by atoms with Gasteiger partial charge in [0.05, 0.1) is 12.6 Å². The molecule has 1 aliphatic heterocycles. The molecule has 2 aromatic heterocycles. The molecule has 0 spiro atoms. The normalized spacial score (nSPS) is 16.0. The predicted molar refractivity (Wildman–Crippen MR) is 88.8 cm³/mol. The molecule has 7 nitrogen and oxygen atoms in total. The maximum Gasteiger partial charge on any atom is 0.319 e. The summed E-state index contributed by atoms with van der Waals surface area (Å²) in [7, 11) is 0. The number of hydrogen-bond donors (Lipinski definition) is 0. The van der Waals surface area contributed by atoms with Gasteiger partial charge < -0.3 is 9.64 Å². The zero-order valence-electron chi connectivity index (χ0n) is 14.3. The molecule has 0 unspecified atom stereocenters. The summed E-state index contributed by atoms with van der Waals surface area (Å²) < 4.78 is 32.5. The van der Waals surface area contributed by atoms with Gasteiger partial charge in [-0.25, -0.2) is 15.0 Å². The second-order valence-electron chi connectivity index (χ2n) is 6.14. The van der Waals surface area contributed by atoms with Crippen LogP contribution in [0.3, 0.4) is 0 Å². The molecule has 1 fully saturated rings. The molecular weight excluding hydrogens is 330 g/mol. The molecular formula is C16H22F2N6O. The minimum Gasteiger partial charge on any atom is -0.472 e. The third-order valence-electron chi connectivity index (χ3n) is 3.99. The lowest BCUT2D eigenvalue weighted by Crippen LogP contribution is -2.46. The highest BCUT2D eigenvalue weighted by atomic mass is 19.3. The van der Waals surface area contributed by atoms with E-state index in [9.17, 15) is 8.78 Å². The fourth-order valence-electron chi connectivity index (χ4n) is 2.80. The highest BCUT2D eigenvalue weighted by Gasteiger charge is 2.23. The van der Waals surface area contributed by atoms with Gasteiger partial charge in [-0.1, -0.05) is 0 Å². The summed E-state index contributed by atoms with van der Waals surface area (Å²) in [5, 5.41) is 0. The molecule has 136 valence electrons. The van der Waals surface area contributed by atoms with Gasteiger partial charge in [0, 0.05) is 51.0 Å². The molecule has 9 heteroatoms. The van der Waals surface area contributed by atoms with E-state index in [2.05, 4.69) is 24.8 Å². The quantitative estimate of drug-likeness (QED) is 0.794. The summed E-state index contributed by atoms with van der Waals surface area (Å²) in [4.78, 5) is 16.9.